The molecular formula is C12H14N4. The van der Waals surface area contributed by atoms with E-state index >= 15 is 0 Å². The molecule has 0 aliphatic heterocycles. The molecule has 0 radical (unpaired) electrons. The number of nitrogens with two attached hydrogens (primary N) is 1. The van der Waals surface area contributed by atoms with Crippen molar-refractivity contribution in [2.75, 3.05) is 0 Å². The molecule has 0 amide bonds. The smallest absolute Gasteiger partial charge is 0.102 e. The summed E-state index contributed by atoms with van der Waals surface area (Å²) in [4.78, 5) is 0. The number of aryl methyl sites for hydroxylation is 3. The Bertz CT molecular complexity index is 602. The summed E-state index contributed by atoms with van der Waals surface area (Å²) in [6, 6.07) is 4.21. The predicted octanol–water partition coefficient (Wildman–Crippen LogP) is 1.59. The van der Waals surface area contributed by atoms with E-state index in [0.29, 0.717) is 12.1 Å². The van der Waals surface area contributed by atoms with Gasteiger partial charge in [0.1, 0.15) is 6.07 Å². The van der Waals surface area contributed by atoms with E-state index in [2.05, 4.69) is 11.2 Å². The van der Waals surface area contributed by atoms with Crippen molar-refractivity contribution in [1.29, 1.82) is 5.26 Å². The van der Waals surface area contributed by atoms with Crippen molar-refractivity contribution in [3.05, 3.63) is 34.1 Å². The Kier molecular flexibility index (Phi) is 2.41. The van der Waals surface area contributed by atoms with Crippen LogP contribution >= 0.6 is 0 Å². The fourth-order valence-corrected chi connectivity index (χ4v) is 2.09. The number of nitriles is 1. The largest absolute Gasteiger partial charge is 0.326 e. The molecule has 0 atom stereocenters. The Morgan fingerprint density at radius 3 is 2.69 bits per heavy atom. The van der Waals surface area contributed by atoms with Crippen molar-refractivity contribution in [3.8, 4) is 6.07 Å². The van der Waals surface area contributed by atoms with Crippen LogP contribution in [-0.2, 0) is 6.54 Å². The van der Waals surface area contributed by atoms with E-state index in [4.69, 9.17) is 5.73 Å². The Labute approximate surface area is 94.3 Å². The van der Waals surface area contributed by atoms with Crippen molar-refractivity contribution in [2.45, 2.75) is 27.3 Å². The summed E-state index contributed by atoms with van der Waals surface area (Å²) in [5, 5.41) is 13.6. The van der Waals surface area contributed by atoms with Gasteiger partial charge in [-0.15, -0.1) is 0 Å². The standard InChI is InChI=1S/C12H14N4/c1-7-4-8(2)16-12(10(7)5-13)11(6-14)9(3)15-16/h4H,6,14H2,1-3H3. The molecule has 2 aromatic rings. The number of aromatic nitrogens is 2. The molecule has 2 rings (SSSR count). The fraction of sp³-hybridized carbons (Fsp3) is 0.333. The zero-order valence-corrected chi connectivity index (χ0v) is 9.70. The van der Waals surface area contributed by atoms with Crippen LogP contribution in [0, 0.1) is 32.1 Å². The van der Waals surface area contributed by atoms with Gasteiger partial charge < -0.3 is 5.73 Å². The number of fused-ring (bicyclic) bond motifs is 1. The van der Waals surface area contributed by atoms with Gasteiger partial charge in [0.05, 0.1) is 16.8 Å². The van der Waals surface area contributed by atoms with Crippen LogP contribution in [0.2, 0.25) is 0 Å². The highest BCUT2D eigenvalue weighted by atomic mass is 15.2. The summed E-state index contributed by atoms with van der Waals surface area (Å²) in [5.41, 5.74) is 11.1. The van der Waals surface area contributed by atoms with Gasteiger partial charge in [-0.05, 0) is 32.4 Å². The van der Waals surface area contributed by atoms with Crippen LogP contribution in [0.25, 0.3) is 5.52 Å². The van der Waals surface area contributed by atoms with Crippen molar-refractivity contribution in [3.63, 3.8) is 0 Å². The molecule has 0 unspecified atom stereocenters. The molecule has 0 aliphatic carbocycles. The molecule has 0 spiro atoms. The van der Waals surface area contributed by atoms with E-state index in [-0.39, 0.29) is 0 Å². The highest BCUT2D eigenvalue weighted by Gasteiger charge is 2.15. The van der Waals surface area contributed by atoms with Crippen molar-refractivity contribution >= 4 is 5.52 Å². The molecule has 16 heavy (non-hydrogen) atoms. The van der Waals surface area contributed by atoms with Crippen LogP contribution in [0.15, 0.2) is 6.07 Å². The highest BCUT2D eigenvalue weighted by molar-refractivity contribution is 5.69. The zero-order valence-electron chi connectivity index (χ0n) is 9.70. The summed E-state index contributed by atoms with van der Waals surface area (Å²) >= 11 is 0. The summed E-state index contributed by atoms with van der Waals surface area (Å²) in [7, 11) is 0. The van der Waals surface area contributed by atoms with Crippen LogP contribution in [0.1, 0.15) is 28.1 Å². The highest BCUT2D eigenvalue weighted by Crippen LogP contribution is 2.23. The topological polar surface area (TPSA) is 67.1 Å². The lowest BCUT2D eigenvalue weighted by Gasteiger charge is -2.05. The molecule has 0 aliphatic rings. The summed E-state index contributed by atoms with van der Waals surface area (Å²) in [5.74, 6) is 0. The SMILES string of the molecule is Cc1cc(C)n2nc(C)c(CN)c2c1C#N. The van der Waals surface area contributed by atoms with Gasteiger partial charge in [-0.3, -0.25) is 0 Å². The van der Waals surface area contributed by atoms with Crippen LogP contribution in [0.4, 0.5) is 0 Å². The van der Waals surface area contributed by atoms with Crippen LogP contribution in [0.5, 0.6) is 0 Å². The Morgan fingerprint density at radius 1 is 1.44 bits per heavy atom. The molecule has 0 fully saturated rings. The molecule has 2 heterocycles. The maximum atomic E-state index is 9.20. The average molecular weight is 214 g/mol. The molecule has 4 nitrogen and oxygen atoms in total. The first kappa shape index (κ1) is 10.7. The molecule has 0 bridgehead atoms. The first-order chi connectivity index (χ1) is 7.60. The molecule has 2 aromatic heterocycles. The second-order valence-electron chi connectivity index (χ2n) is 3.98. The lowest BCUT2D eigenvalue weighted by molar-refractivity contribution is 0.888. The molecule has 0 saturated carbocycles. The molecule has 0 aromatic carbocycles. The van der Waals surface area contributed by atoms with Crippen LogP contribution in [-0.4, -0.2) is 9.61 Å². The van der Waals surface area contributed by atoms with Gasteiger partial charge in [-0.2, -0.15) is 10.4 Å². The predicted molar refractivity (Wildman–Crippen MR) is 62.0 cm³/mol. The normalized spacial score (nSPS) is 10.7. The van der Waals surface area contributed by atoms with E-state index in [0.717, 1.165) is 28.0 Å². The van der Waals surface area contributed by atoms with Crippen molar-refractivity contribution in [1.82, 2.24) is 9.61 Å². The molecule has 4 heteroatoms. The van der Waals surface area contributed by atoms with Gasteiger partial charge in [-0.1, -0.05) is 0 Å². The number of rotatable bonds is 1. The lowest BCUT2D eigenvalue weighted by atomic mass is 10.1. The van der Waals surface area contributed by atoms with E-state index in [1.807, 2.05) is 31.4 Å². The minimum absolute atomic E-state index is 0.410. The maximum absolute atomic E-state index is 9.20. The van der Waals surface area contributed by atoms with E-state index < -0.39 is 0 Å². The molecule has 0 saturated heterocycles. The number of pyridine rings is 1. The monoisotopic (exact) mass is 214 g/mol. The number of hydrogen-bond acceptors (Lipinski definition) is 3. The quantitative estimate of drug-likeness (QED) is 0.783. The Hall–Kier alpha value is -1.86. The average Bonchev–Trinajstić information content (AvgIpc) is 2.56. The van der Waals surface area contributed by atoms with E-state index in [9.17, 15) is 5.26 Å². The van der Waals surface area contributed by atoms with Crippen LogP contribution < -0.4 is 5.73 Å². The summed E-state index contributed by atoms with van der Waals surface area (Å²) in [6.45, 7) is 6.25. The van der Waals surface area contributed by atoms with E-state index in [1.165, 1.54) is 0 Å². The summed E-state index contributed by atoms with van der Waals surface area (Å²) in [6.07, 6.45) is 0. The third kappa shape index (κ3) is 1.29. The summed E-state index contributed by atoms with van der Waals surface area (Å²) < 4.78 is 1.81. The fourth-order valence-electron chi connectivity index (χ4n) is 2.09. The second kappa shape index (κ2) is 3.62. The van der Waals surface area contributed by atoms with Crippen molar-refractivity contribution in [2.24, 2.45) is 5.73 Å². The molecule has 2 N–H and O–H groups in total. The van der Waals surface area contributed by atoms with Gasteiger partial charge in [0.25, 0.3) is 0 Å². The first-order valence-electron chi connectivity index (χ1n) is 5.18. The Balaban J connectivity index is 3.03. The van der Waals surface area contributed by atoms with Gasteiger partial charge in [0, 0.05) is 17.8 Å². The van der Waals surface area contributed by atoms with Crippen LogP contribution in [0.3, 0.4) is 0 Å². The number of nitrogens with zero attached hydrogens (tertiary/aromatic N) is 3. The van der Waals surface area contributed by atoms with Gasteiger partial charge in [-0.25, -0.2) is 4.52 Å². The minimum Gasteiger partial charge on any atom is -0.326 e. The zero-order chi connectivity index (χ0) is 11.9. The van der Waals surface area contributed by atoms with Gasteiger partial charge >= 0.3 is 0 Å². The second-order valence-corrected chi connectivity index (χ2v) is 3.98. The maximum Gasteiger partial charge on any atom is 0.102 e. The lowest BCUT2D eigenvalue weighted by Crippen LogP contribution is -2.01. The van der Waals surface area contributed by atoms with E-state index in [1.54, 1.807) is 0 Å². The Morgan fingerprint density at radius 2 is 2.12 bits per heavy atom. The third-order valence-electron chi connectivity index (χ3n) is 2.89. The minimum atomic E-state index is 0.410. The number of hydrogen-bond donors (Lipinski definition) is 1. The third-order valence-corrected chi connectivity index (χ3v) is 2.89. The van der Waals surface area contributed by atoms with Gasteiger partial charge in [0.15, 0.2) is 0 Å². The molecular weight excluding hydrogens is 200 g/mol. The van der Waals surface area contributed by atoms with Gasteiger partial charge in [0.2, 0.25) is 0 Å². The van der Waals surface area contributed by atoms with Crippen molar-refractivity contribution < 1.29 is 0 Å². The first-order valence-corrected chi connectivity index (χ1v) is 5.18. The molecule has 82 valence electrons.